The van der Waals surface area contributed by atoms with Crippen molar-refractivity contribution in [3.63, 3.8) is 0 Å². The lowest BCUT2D eigenvalue weighted by molar-refractivity contribution is -0.126. The lowest BCUT2D eigenvalue weighted by Gasteiger charge is -2.30. The molecule has 1 aliphatic rings. The highest BCUT2D eigenvalue weighted by atomic mass is 16.5. The molecule has 2 atom stereocenters. The van der Waals surface area contributed by atoms with Crippen LogP contribution in [0.15, 0.2) is 54.6 Å². The lowest BCUT2D eigenvalue weighted by Crippen LogP contribution is -2.50. The van der Waals surface area contributed by atoms with E-state index in [2.05, 4.69) is 16.3 Å². The minimum Gasteiger partial charge on any atom is -0.497 e. The van der Waals surface area contributed by atoms with Crippen LogP contribution in [0, 0.1) is 0 Å². The normalized spacial score (nSPS) is 17.9. The minimum absolute atomic E-state index is 0.109. The van der Waals surface area contributed by atoms with E-state index in [0.717, 1.165) is 30.0 Å². The zero-order valence-electron chi connectivity index (χ0n) is 16.2. The van der Waals surface area contributed by atoms with Gasteiger partial charge in [0.1, 0.15) is 11.3 Å². The first-order valence-electron chi connectivity index (χ1n) is 9.53. The second kappa shape index (κ2) is 8.55. The fourth-order valence-electron chi connectivity index (χ4n) is 3.65. The van der Waals surface area contributed by atoms with E-state index in [1.54, 1.807) is 14.0 Å². The summed E-state index contributed by atoms with van der Waals surface area (Å²) in [6, 6.07) is 17.7. The van der Waals surface area contributed by atoms with Gasteiger partial charge in [-0.1, -0.05) is 42.5 Å². The van der Waals surface area contributed by atoms with Crippen LogP contribution in [0.3, 0.4) is 0 Å². The summed E-state index contributed by atoms with van der Waals surface area (Å²) in [5, 5.41) is 3.09. The Labute approximate surface area is 161 Å². The molecule has 1 fully saturated rings. The number of carbonyl (C=O) groups excluding carboxylic acids is 1. The molecular formula is C22H29N3O2. The van der Waals surface area contributed by atoms with Crippen molar-refractivity contribution < 1.29 is 9.53 Å². The SMILES string of the molecule is COc1cccc(C(CNC(=O)C(C)(N)c2ccccc2)N2CCCC2)c1. The highest BCUT2D eigenvalue weighted by Gasteiger charge is 2.32. The van der Waals surface area contributed by atoms with Gasteiger partial charge in [-0.3, -0.25) is 9.69 Å². The van der Waals surface area contributed by atoms with E-state index in [-0.39, 0.29) is 11.9 Å². The van der Waals surface area contributed by atoms with Crippen molar-refractivity contribution in [2.45, 2.75) is 31.3 Å². The van der Waals surface area contributed by atoms with Crippen molar-refractivity contribution in [3.8, 4) is 5.75 Å². The van der Waals surface area contributed by atoms with Crippen molar-refractivity contribution >= 4 is 5.91 Å². The Balaban J connectivity index is 1.75. The maximum Gasteiger partial charge on any atom is 0.244 e. The third-order valence-corrected chi connectivity index (χ3v) is 5.36. The molecule has 0 spiro atoms. The van der Waals surface area contributed by atoms with E-state index in [9.17, 15) is 4.79 Å². The summed E-state index contributed by atoms with van der Waals surface area (Å²) < 4.78 is 5.38. The van der Waals surface area contributed by atoms with E-state index in [0.29, 0.717) is 6.54 Å². The van der Waals surface area contributed by atoms with Crippen LogP contribution in [-0.4, -0.2) is 37.6 Å². The molecule has 1 amide bonds. The first-order chi connectivity index (χ1) is 13.0. The van der Waals surface area contributed by atoms with E-state index in [1.807, 2.05) is 48.5 Å². The Morgan fingerprint density at radius 1 is 1.19 bits per heavy atom. The van der Waals surface area contributed by atoms with E-state index < -0.39 is 5.54 Å². The number of amides is 1. The number of nitrogens with zero attached hydrogens (tertiary/aromatic N) is 1. The number of nitrogens with two attached hydrogens (primary N) is 1. The van der Waals surface area contributed by atoms with Gasteiger partial charge < -0.3 is 15.8 Å². The van der Waals surface area contributed by atoms with Crippen molar-refractivity contribution in [3.05, 3.63) is 65.7 Å². The van der Waals surface area contributed by atoms with Gasteiger partial charge in [-0.25, -0.2) is 0 Å². The number of nitrogens with one attached hydrogen (secondary N) is 1. The van der Waals surface area contributed by atoms with Gasteiger partial charge >= 0.3 is 0 Å². The van der Waals surface area contributed by atoms with Crippen molar-refractivity contribution in [1.29, 1.82) is 0 Å². The van der Waals surface area contributed by atoms with E-state index >= 15 is 0 Å². The number of methoxy groups -OCH3 is 1. The van der Waals surface area contributed by atoms with Gasteiger partial charge in [-0.15, -0.1) is 0 Å². The average molecular weight is 367 g/mol. The van der Waals surface area contributed by atoms with Gasteiger partial charge in [0.15, 0.2) is 0 Å². The molecular weight excluding hydrogens is 338 g/mol. The van der Waals surface area contributed by atoms with Gasteiger partial charge in [-0.05, 0) is 56.1 Å². The summed E-state index contributed by atoms with van der Waals surface area (Å²) >= 11 is 0. The Morgan fingerprint density at radius 3 is 2.56 bits per heavy atom. The number of hydrogen-bond donors (Lipinski definition) is 2. The first kappa shape index (κ1) is 19.4. The van der Waals surface area contributed by atoms with Gasteiger partial charge in [0.05, 0.1) is 13.2 Å². The predicted octanol–water partition coefficient (Wildman–Crippen LogP) is 2.82. The van der Waals surface area contributed by atoms with E-state index in [1.165, 1.54) is 12.8 Å². The standard InChI is InChI=1S/C22H29N3O2/c1-22(23,18-10-4-3-5-11-18)21(26)24-16-20(25-13-6-7-14-25)17-9-8-12-19(15-17)27-2/h3-5,8-12,15,20H,6-7,13-14,16,23H2,1-2H3,(H,24,26). The molecule has 0 aromatic heterocycles. The number of benzene rings is 2. The first-order valence-corrected chi connectivity index (χ1v) is 9.53. The average Bonchev–Trinajstić information content (AvgIpc) is 3.23. The Morgan fingerprint density at radius 2 is 1.89 bits per heavy atom. The molecule has 0 saturated carbocycles. The molecule has 144 valence electrons. The van der Waals surface area contributed by atoms with Gasteiger partial charge in [0, 0.05) is 6.54 Å². The maximum absolute atomic E-state index is 12.9. The van der Waals surface area contributed by atoms with Gasteiger partial charge in [0.25, 0.3) is 0 Å². The number of carbonyl (C=O) groups is 1. The van der Waals surface area contributed by atoms with Gasteiger partial charge in [0.2, 0.25) is 5.91 Å². The summed E-state index contributed by atoms with van der Waals surface area (Å²) in [6.45, 7) is 4.35. The van der Waals surface area contributed by atoms with Crippen LogP contribution in [0.4, 0.5) is 0 Å². The van der Waals surface area contributed by atoms with Crippen LogP contribution in [0.5, 0.6) is 5.75 Å². The summed E-state index contributed by atoms with van der Waals surface area (Å²) in [6.07, 6.45) is 2.38. The second-order valence-electron chi connectivity index (χ2n) is 7.31. The van der Waals surface area contributed by atoms with Crippen LogP contribution >= 0.6 is 0 Å². The molecule has 5 heteroatoms. The Hall–Kier alpha value is -2.37. The highest BCUT2D eigenvalue weighted by molar-refractivity contribution is 5.87. The Bertz CT molecular complexity index is 755. The third kappa shape index (κ3) is 4.49. The van der Waals surface area contributed by atoms with Gasteiger partial charge in [-0.2, -0.15) is 0 Å². The smallest absolute Gasteiger partial charge is 0.244 e. The topological polar surface area (TPSA) is 67.6 Å². The van der Waals surface area contributed by atoms with Crippen molar-refractivity contribution in [2.75, 3.05) is 26.7 Å². The molecule has 0 aliphatic carbocycles. The van der Waals surface area contributed by atoms with Crippen LogP contribution < -0.4 is 15.8 Å². The molecule has 1 heterocycles. The highest BCUT2D eigenvalue weighted by Crippen LogP contribution is 2.27. The molecule has 2 aromatic rings. The number of likely N-dealkylation sites (tertiary alicyclic amines) is 1. The second-order valence-corrected chi connectivity index (χ2v) is 7.31. The number of ether oxygens (including phenoxy) is 1. The van der Waals surface area contributed by atoms with Crippen LogP contribution in [0.1, 0.15) is 36.9 Å². The summed E-state index contributed by atoms with van der Waals surface area (Å²) in [7, 11) is 1.67. The molecule has 2 aromatic carbocycles. The Kier molecular flexibility index (Phi) is 6.14. The predicted molar refractivity (Wildman–Crippen MR) is 108 cm³/mol. The van der Waals surface area contributed by atoms with Crippen molar-refractivity contribution in [2.24, 2.45) is 5.73 Å². The van der Waals surface area contributed by atoms with Crippen molar-refractivity contribution in [1.82, 2.24) is 10.2 Å². The molecule has 3 N–H and O–H groups in total. The van der Waals surface area contributed by atoms with Crippen LogP contribution in [0.2, 0.25) is 0 Å². The monoisotopic (exact) mass is 367 g/mol. The molecule has 0 bridgehead atoms. The van der Waals surface area contributed by atoms with Crippen LogP contribution in [0.25, 0.3) is 0 Å². The van der Waals surface area contributed by atoms with E-state index in [4.69, 9.17) is 10.5 Å². The molecule has 1 saturated heterocycles. The zero-order valence-corrected chi connectivity index (χ0v) is 16.2. The summed E-state index contributed by atoms with van der Waals surface area (Å²) in [4.78, 5) is 15.3. The number of rotatable bonds is 7. The molecule has 27 heavy (non-hydrogen) atoms. The largest absolute Gasteiger partial charge is 0.497 e. The molecule has 5 nitrogen and oxygen atoms in total. The minimum atomic E-state index is -1.06. The zero-order chi connectivity index (χ0) is 19.3. The fourth-order valence-corrected chi connectivity index (χ4v) is 3.65. The molecule has 0 radical (unpaired) electrons. The molecule has 1 aliphatic heterocycles. The third-order valence-electron chi connectivity index (χ3n) is 5.36. The molecule has 2 unspecified atom stereocenters. The maximum atomic E-state index is 12.9. The fraction of sp³-hybridized carbons (Fsp3) is 0.409. The quantitative estimate of drug-likeness (QED) is 0.790. The summed E-state index contributed by atoms with van der Waals surface area (Å²) in [5.41, 5.74) is 7.25. The number of hydrogen-bond acceptors (Lipinski definition) is 4. The molecule has 3 rings (SSSR count). The summed E-state index contributed by atoms with van der Waals surface area (Å²) in [5.74, 6) is 0.664. The lowest BCUT2D eigenvalue weighted by atomic mass is 9.92. The van der Waals surface area contributed by atoms with Crippen LogP contribution in [-0.2, 0) is 10.3 Å².